The van der Waals surface area contributed by atoms with Crippen molar-refractivity contribution < 1.29 is 0 Å². The Morgan fingerprint density at radius 3 is 1.58 bits per heavy atom. The molecule has 0 radical (unpaired) electrons. The molecule has 1 aliphatic rings. The summed E-state index contributed by atoms with van der Waals surface area (Å²) in [4.78, 5) is 9.84. The summed E-state index contributed by atoms with van der Waals surface area (Å²) < 4.78 is 1.57. The fourth-order valence-corrected chi connectivity index (χ4v) is 7.39. The van der Waals surface area contributed by atoms with Crippen molar-refractivity contribution in [2.24, 2.45) is 0 Å². The van der Waals surface area contributed by atoms with E-state index in [1.54, 1.807) is 3.58 Å². The molecule has 1 aliphatic heterocycles. The van der Waals surface area contributed by atoms with Crippen LogP contribution in [0.2, 0.25) is 14.8 Å². The summed E-state index contributed by atoms with van der Waals surface area (Å²) >= 11 is -2.04. The Bertz CT molecular complexity index is 899. The van der Waals surface area contributed by atoms with E-state index in [9.17, 15) is 0 Å². The minimum absolute atomic E-state index is 0.00545. The second kappa shape index (κ2) is 6.16. The van der Waals surface area contributed by atoms with Gasteiger partial charge < -0.3 is 0 Å². The molecular formula is C24H27NSn. The molecule has 0 amide bonds. The Morgan fingerprint density at radius 1 is 0.654 bits per heavy atom. The van der Waals surface area contributed by atoms with Crippen LogP contribution in [0.5, 0.6) is 0 Å². The standard InChI is InChI=1S/C21H18N.3CH3.Sn/c1-21(2)17-12-6-8-14-19(17)22(16-10-4-3-5-11-16)20-15-9-7-13-18(20)21;;;;/h4-15H,1-2H3;3*1H3;. The number of benzene rings is 3. The third-order valence-corrected chi connectivity index (χ3v) is 11.5. The van der Waals surface area contributed by atoms with Gasteiger partial charge in [-0.05, 0) is 0 Å². The van der Waals surface area contributed by atoms with Gasteiger partial charge in [0.15, 0.2) is 0 Å². The van der Waals surface area contributed by atoms with Gasteiger partial charge in [0.05, 0.1) is 0 Å². The van der Waals surface area contributed by atoms with E-state index in [1.807, 2.05) is 0 Å². The van der Waals surface area contributed by atoms with E-state index in [4.69, 9.17) is 0 Å². The number of fused-ring (bicyclic) bond motifs is 2. The van der Waals surface area contributed by atoms with Crippen LogP contribution in [0, 0.1) is 0 Å². The van der Waals surface area contributed by atoms with Gasteiger partial charge in [-0.2, -0.15) is 0 Å². The fraction of sp³-hybridized carbons (Fsp3) is 0.250. The molecule has 1 nitrogen and oxygen atoms in total. The first-order valence-electron chi connectivity index (χ1n) is 9.40. The van der Waals surface area contributed by atoms with E-state index in [0.29, 0.717) is 0 Å². The summed E-state index contributed by atoms with van der Waals surface area (Å²) in [5.41, 5.74) is 6.62. The van der Waals surface area contributed by atoms with E-state index in [2.05, 4.69) is 106 Å². The molecule has 132 valence electrons. The van der Waals surface area contributed by atoms with Gasteiger partial charge in [0.25, 0.3) is 0 Å². The van der Waals surface area contributed by atoms with Crippen molar-refractivity contribution in [3.63, 3.8) is 0 Å². The molecule has 0 aromatic heterocycles. The van der Waals surface area contributed by atoms with Crippen LogP contribution < -0.4 is 8.48 Å². The molecule has 26 heavy (non-hydrogen) atoms. The first-order valence-corrected chi connectivity index (χ1v) is 19.4. The summed E-state index contributed by atoms with van der Waals surface area (Å²) in [6, 6.07) is 27.0. The van der Waals surface area contributed by atoms with Crippen molar-refractivity contribution >= 4 is 39.0 Å². The van der Waals surface area contributed by atoms with Crippen LogP contribution in [0.25, 0.3) is 0 Å². The zero-order valence-electron chi connectivity index (χ0n) is 16.4. The van der Waals surface area contributed by atoms with Crippen molar-refractivity contribution in [1.82, 2.24) is 0 Å². The maximum atomic E-state index is 2.47. The molecule has 0 spiro atoms. The molecular weight excluding hydrogens is 421 g/mol. The fourth-order valence-electron chi connectivity index (χ4n) is 4.06. The number of para-hydroxylation sites is 2. The minimum atomic E-state index is -2.04. The molecule has 2 heteroatoms. The van der Waals surface area contributed by atoms with Crippen LogP contribution >= 0.6 is 0 Å². The van der Waals surface area contributed by atoms with E-state index >= 15 is 0 Å². The summed E-state index contributed by atoms with van der Waals surface area (Å²) in [6.07, 6.45) is 0. The summed E-state index contributed by atoms with van der Waals surface area (Å²) in [6.45, 7) is 4.67. The van der Waals surface area contributed by atoms with Crippen LogP contribution in [-0.4, -0.2) is 18.4 Å². The van der Waals surface area contributed by atoms with E-state index < -0.39 is 18.4 Å². The number of rotatable bonds is 2. The van der Waals surface area contributed by atoms with Crippen LogP contribution in [0.1, 0.15) is 25.0 Å². The molecule has 0 fully saturated rings. The van der Waals surface area contributed by atoms with Gasteiger partial charge in [0.2, 0.25) is 0 Å². The molecule has 0 unspecified atom stereocenters. The normalized spacial score (nSPS) is 15.3. The molecule has 0 saturated carbocycles. The molecule has 3 aromatic rings. The van der Waals surface area contributed by atoms with Crippen molar-refractivity contribution in [2.45, 2.75) is 34.1 Å². The second-order valence-corrected chi connectivity index (χ2v) is 23.3. The van der Waals surface area contributed by atoms with Crippen molar-refractivity contribution in [3.05, 3.63) is 83.9 Å². The van der Waals surface area contributed by atoms with E-state index in [-0.39, 0.29) is 5.41 Å². The monoisotopic (exact) mass is 449 g/mol. The van der Waals surface area contributed by atoms with Crippen molar-refractivity contribution in [2.75, 3.05) is 4.90 Å². The zero-order valence-corrected chi connectivity index (χ0v) is 19.2. The van der Waals surface area contributed by atoms with Crippen LogP contribution in [0.15, 0.2) is 72.8 Å². The number of nitrogens with zero attached hydrogens (tertiary/aromatic N) is 1. The molecule has 1 heterocycles. The second-order valence-electron chi connectivity index (χ2n) is 8.79. The molecule has 0 aliphatic carbocycles. The van der Waals surface area contributed by atoms with Gasteiger partial charge in [-0.25, -0.2) is 0 Å². The van der Waals surface area contributed by atoms with Crippen LogP contribution in [0.3, 0.4) is 0 Å². The molecule has 3 aromatic carbocycles. The maximum absolute atomic E-state index is 2.47. The van der Waals surface area contributed by atoms with Gasteiger partial charge >= 0.3 is 162 Å². The average molecular weight is 448 g/mol. The Hall–Kier alpha value is -1.74. The molecule has 0 N–H and O–H groups in total. The van der Waals surface area contributed by atoms with Crippen molar-refractivity contribution in [1.29, 1.82) is 0 Å². The number of hydrogen-bond acceptors (Lipinski definition) is 1. The average Bonchev–Trinajstić information content (AvgIpc) is 2.62. The quantitative estimate of drug-likeness (QED) is 0.414. The number of anilines is 3. The van der Waals surface area contributed by atoms with Gasteiger partial charge in [-0.15, -0.1) is 0 Å². The summed E-state index contributed by atoms with van der Waals surface area (Å²) in [5.74, 6) is 0. The van der Waals surface area contributed by atoms with Gasteiger partial charge in [0.1, 0.15) is 0 Å². The Labute approximate surface area is 161 Å². The van der Waals surface area contributed by atoms with E-state index in [0.717, 1.165) is 0 Å². The predicted octanol–water partition coefficient (Wildman–Crippen LogP) is 6.34. The SMILES string of the molecule is CC1(C)c2ccccc2N(c2cc[c]([Sn]([CH3])([CH3])[CH3])cc2)c2ccccc21. The molecule has 0 atom stereocenters. The number of hydrogen-bond donors (Lipinski definition) is 0. The topological polar surface area (TPSA) is 3.24 Å². The Morgan fingerprint density at radius 2 is 1.12 bits per heavy atom. The molecule has 0 saturated heterocycles. The summed E-state index contributed by atoms with van der Waals surface area (Å²) in [5, 5.41) is 0. The van der Waals surface area contributed by atoms with Gasteiger partial charge in [-0.3, -0.25) is 0 Å². The molecule has 4 rings (SSSR count). The van der Waals surface area contributed by atoms with E-state index in [1.165, 1.54) is 28.2 Å². The van der Waals surface area contributed by atoms with Gasteiger partial charge in [-0.1, -0.05) is 0 Å². The Kier molecular flexibility index (Phi) is 4.18. The van der Waals surface area contributed by atoms with Crippen LogP contribution in [-0.2, 0) is 5.41 Å². The molecule has 0 bridgehead atoms. The predicted molar refractivity (Wildman–Crippen MR) is 116 cm³/mol. The Balaban J connectivity index is 1.93. The summed E-state index contributed by atoms with van der Waals surface area (Å²) in [7, 11) is 0. The van der Waals surface area contributed by atoms with Gasteiger partial charge in [0, 0.05) is 0 Å². The third kappa shape index (κ3) is 2.77. The zero-order chi connectivity index (χ0) is 18.5. The van der Waals surface area contributed by atoms with Crippen LogP contribution in [0.4, 0.5) is 17.1 Å². The first-order chi connectivity index (χ1) is 12.3. The third-order valence-electron chi connectivity index (χ3n) is 5.63. The van der Waals surface area contributed by atoms with Crippen molar-refractivity contribution in [3.8, 4) is 0 Å². The first kappa shape index (κ1) is 17.7.